The van der Waals surface area contributed by atoms with Gasteiger partial charge in [-0.2, -0.15) is 5.26 Å². The number of nitrogens with one attached hydrogen (secondary N) is 1. The highest BCUT2D eigenvalue weighted by Gasteiger charge is 2.22. The standard InChI is InChI=1S/C10H8ClN3O4/c1-18-7-3-2-6(14(16)17)10(9(7)11)13-8(15)4-5-12/h2-3H,4H2,1H3,(H,13,15). The van der Waals surface area contributed by atoms with E-state index in [1.807, 2.05) is 0 Å². The van der Waals surface area contributed by atoms with E-state index in [1.165, 1.54) is 13.2 Å². The van der Waals surface area contributed by atoms with E-state index in [-0.39, 0.29) is 22.1 Å². The van der Waals surface area contributed by atoms with E-state index < -0.39 is 17.3 Å². The first-order chi connectivity index (χ1) is 8.51. The van der Waals surface area contributed by atoms with Gasteiger partial charge in [0.25, 0.3) is 5.69 Å². The maximum atomic E-state index is 11.3. The zero-order valence-electron chi connectivity index (χ0n) is 9.27. The second-order valence-electron chi connectivity index (χ2n) is 3.12. The van der Waals surface area contributed by atoms with Crippen molar-refractivity contribution in [3.63, 3.8) is 0 Å². The second kappa shape index (κ2) is 5.84. The number of rotatable bonds is 4. The van der Waals surface area contributed by atoms with Crippen LogP contribution in [-0.4, -0.2) is 17.9 Å². The van der Waals surface area contributed by atoms with E-state index in [9.17, 15) is 14.9 Å². The van der Waals surface area contributed by atoms with Crippen LogP contribution in [-0.2, 0) is 4.79 Å². The van der Waals surface area contributed by atoms with Gasteiger partial charge in [-0.25, -0.2) is 0 Å². The number of nitrogens with zero attached hydrogens (tertiary/aromatic N) is 2. The lowest BCUT2D eigenvalue weighted by molar-refractivity contribution is -0.383. The summed E-state index contributed by atoms with van der Waals surface area (Å²) in [5, 5.41) is 21.3. The summed E-state index contributed by atoms with van der Waals surface area (Å²) >= 11 is 5.88. The molecule has 0 saturated heterocycles. The normalized spacial score (nSPS) is 9.39. The van der Waals surface area contributed by atoms with E-state index in [4.69, 9.17) is 21.6 Å². The molecule has 1 N–H and O–H groups in total. The van der Waals surface area contributed by atoms with Crippen LogP contribution in [0.5, 0.6) is 5.75 Å². The number of carbonyl (C=O) groups excluding carboxylic acids is 1. The third-order valence-corrected chi connectivity index (χ3v) is 2.38. The summed E-state index contributed by atoms with van der Waals surface area (Å²) in [6.45, 7) is 0. The predicted molar refractivity (Wildman–Crippen MR) is 63.5 cm³/mol. The Morgan fingerprint density at radius 2 is 2.33 bits per heavy atom. The largest absolute Gasteiger partial charge is 0.495 e. The Kier molecular flexibility index (Phi) is 4.45. The molecule has 1 amide bonds. The molecule has 0 aliphatic carbocycles. The molecule has 18 heavy (non-hydrogen) atoms. The number of hydrogen-bond acceptors (Lipinski definition) is 5. The maximum Gasteiger partial charge on any atom is 0.294 e. The quantitative estimate of drug-likeness (QED) is 0.665. The van der Waals surface area contributed by atoms with Gasteiger partial charge < -0.3 is 10.1 Å². The molecule has 0 bridgehead atoms. The Morgan fingerprint density at radius 3 is 2.83 bits per heavy atom. The van der Waals surface area contributed by atoms with Gasteiger partial charge in [0.15, 0.2) is 0 Å². The van der Waals surface area contributed by atoms with Crippen LogP contribution in [0.1, 0.15) is 6.42 Å². The lowest BCUT2D eigenvalue weighted by Crippen LogP contribution is -2.12. The van der Waals surface area contributed by atoms with Gasteiger partial charge in [-0.3, -0.25) is 14.9 Å². The summed E-state index contributed by atoms with van der Waals surface area (Å²) in [5.41, 5.74) is -0.548. The van der Waals surface area contributed by atoms with Gasteiger partial charge in [0.1, 0.15) is 22.9 Å². The van der Waals surface area contributed by atoms with E-state index in [2.05, 4.69) is 5.32 Å². The fourth-order valence-electron chi connectivity index (χ4n) is 1.23. The topological polar surface area (TPSA) is 105 Å². The number of carbonyl (C=O) groups is 1. The third-order valence-electron chi connectivity index (χ3n) is 2.01. The van der Waals surface area contributed by atoms with Gasteiger partial charge in [-0.1, -0.05) is 11.6 Å². The fraction of sp³-hybridized carbons (Fsp3) is 0.200. The highest BCUT2D eigenvalue weighted by molar-refractivity contribution is 6.35. The second-order valence-corrected chi connectivity index (χ2v) is 3.49. The summed E-state index contributed by atoms with van der Waals surface area (Å²) in [5.74, 6) is -0.495. The van der Waals surface area contributed by atoms with Crippen LogP contribution in [0.4, 0.5) is 11.4 Å². The number of hydrogen-bond donors (Lipinski definition) is 1. The Morgan fingerprint density at radius 1 is 1.67 bits per heavy atom. The number of ether oxygens (including phenoxy) is 1. The Labute approximate surface area is 107 Å². The van der Waals surface area contributed by atoms with E-state index >= 15 is 0 Å². The summed E-state index contributed by atoms with van der Waals surface area (Å²) in [6, 6.07) is 4.11. The van der Waals surface area contributed by atoms with Crippen LogP contribution in [0, 0.1) is 21.4 Å². The van der Waals surface area contributed by atoms with Gasteiger partial charge in [0.2, 0.25) is 5.91 Å². The average molecular weight is 270 g/mol. The molecule has 0 radical (unpaired) electrons. The molecule has 0 heterocycles. The molecule has 1 rings (SSSR count). The zero-order chi connectivity index (χ0) is 13.7. The molecule has 94 valence electrons. The molecule has 0 atom stereocenters. The first kappa shape index (κ1) is 13.7. The Balaban J connectivity index is 3.24. The molecule has 8 heteroatoms. The van der Waals surface area contributed by atoms with E-state index in [0.29, 0.717) is 0 Å². The van der Waals surface area contributed by atoms with Crippen molar-refractivity contribution in [3.05, 3.63) is 27.3 Å². The molecule has 0 aliphatic rings. The van der Waals surface area contributed by atoms with Crippen LogP contribution in [0.3, 0.4) is 0 Å². The SMILES string of the molecule is COc1ccc([N+](=O)[O-])c(NC(=O)CC#N)c1Cl. The minimum atomic E-state index is -0.687. The number of benzene rings is 1. The molecular weight excluding hydrogens is 262 g/mol. The van der Waals surface area contributed by atoms with Crippen LogP contribution in [0.25, 0.3) is 0 Å². The van der Waals surface area contributed by atoms with Crippen molar-refractivity contribution in [2.45, 2.75) is 6.42 Å². The van der Waals surface area contributed by atoms with Crippen molar-refractivity contribution < 1.29 is 14.5 Å². The molecule has 0 unspecified atom stereocenters. The first-order valence-electron chi connectivity index (χ1n) is 4.69. The molecule has 0 saturated carbocycles. The van der Waals surface area contributed by atoms with Crippen molar-refractivity contribution in [2.75, 3.05) is 12.4 Å². The molecule has 1 aromatic rings. The molecule has 0 fully saturated rings. The van der Waals surface area contributed by atoms with Crippen molar-refractivity contribution >= 4 is 28.9 Å². The van der Waals surface area contributed by atoms with Crippen molar-refractivity contribution in [3.8, 4) is 11.8 Å². The van der Waals surface area contributed by atoms with Crippen LogP contribution in [0.15, 0.2) is 12.1 Å². The number of nitriles is 1. The van der Waals surface area contributed by atoms with Crippen molar-refractivity contribution in [1.82, 2.24) is 0 Å². The summed E-state index contributed by atoms with van der Waals surface area (Å²) in [7, 11) is 1.34. The minimum Gasteiger partial charge on any atom is -0.495 e. The van der Waals surface area contributed by atoms with Crippen molar-refractivity contribution in [1.29, 1.82) is 5.26 Å². The monoisotopic (exact) mass is 269 g/mol. The van der Waals surface area contributed by atoms with Gasteiger partial charge in [-0.15, -0.1) is 0 Å². The predicted octanol–water partition coefficient (Wildman–Crippen LogP) is 2.11. The van der Waals surface area contributed by atoms with Gasteiger partial charge in [0, 0.05) is 6.07 Å². The minimum absolute atomic E-state index is 0.0852. The highest BCUT2D eigenvalue weighted by atomic mass is 35.5. The Bertz CT molecular complexity index is 539. The van der Waals surface area contributed by atoms with Crippen LogP contribution in [0.2, 0.25) is 5.02 Å². The molecule has 0 spiro atoms. The summed E-state index contributed by atoms with van der Waals surface area (Å²) in [4.78, 5) is 21.4. The number of amides is 1. The van der Waals surface area contributed by atoms with Crippen LogP contribution < -0.4 is 10.1 Å². The average Bonchev–Trinajstić information content (AvgIpc) is 2.31. The molecule has 0 aliphatic heterocycles. The lowest BCUT2D eigenvalue weighted by Gasteiger charge is -2.09. The van der Waals surface area contributed by atoms with Gasteiger partial charge in [-0.05, 0) is 6.07 Å². The highest BCUT2D eigenvalue weighted by Crippen LogP contribution is 2.39. The fourth-order valence-corrected chi connectivity index (χ4v) is 1.52. The van der Waals surface area contributed by atoms with Crippen molar-refractivity contribution in [2.24, 2.45) is 0 Å². The molecule has 7 nitrogen and oxygen atoms in total. The Hall–Kier alpha value is -2.33. The molecule has 0 aromatic heterocycles. The number of nitro benzene ring substituents is 1. The van der Waals surface area contributed by atoms with Gasteiger partial charge >= 0.3 is 0 Å². The molecular formula is C10H8ClN3O4. The van der Waals surface area contributed by atoms with Crippen LogP contribution >= 0.6 is 11.6 Å². The maximum absolute atomic E-state index is 11.3. The third kappa shape index (κ3) is 2.87. The smallest absolute Gasteiger partial charge is 0.294 e. The number of halogens is 1. The number of anilines is 1. The molecule has 1 aromatic carbocycles. The van der Waals surface area contributed by atoms with E-state index in [0.717, 1.165) is 6.07 Å². The van der Waals surface area contributed by atoms with E-state index in [1.54, 1.807) is 6.07 Å². The number of methoxy groups -OCH3 is 1. The zero-order valence-corrected chi connectivity index (χ0v) is 10.0. The summed E-state index contributed by atoms with van der Waals surface area (Å²) < 4.78 is 4.89. The lowest BCUT2D eigenvalue weighted by atomic mass is 10.2. The first-order valence-corrected chi connectivity index (χ1v) is 5.06. The number of nitro groups is 1. The summed E-state index contributed by atoms with van der Waals surface area (Å²) in [6.07, 6.45) is -0.426. The van der Waals surface area contributed by atoms with Gasteiger partial charge in [0.05, 0.1) is 18.1 Å².